The molecule has 29 heavy (non-hydrogen) atoms. The zero-order valence-corrected chi connectivity index (χ0v) is 18.8. The first-order chi connectivity index (χ1) is 13.3. The number of rotatable bonds is 6. The SMILES string of the molecule is CN=C(NCCCCC(=O)OC)N1CCOC(c2cccc(C(F)(F)F)c2)C1.I. The zero-order valence-electron chi connectivity index (χ0n) is 16.5. The number of morpholine rings is 1. The molecule has 1 unspecified atom stereocenters. The smallest absolute Gasteiger partial charge is 0.416 e. The second-order valence-corrected chi connectivity index (χ2v) is 6.44. The molecule has 0 saturated carbocycles. The summed E-state index contributed by atoms with van der Waals surface area (Å²) in [5.41, 5.74) is -0.188. The Balaban J connectivity index is 0.00000420. The normalized spacial score (nSPS) is 17.5. The second kappa shape index (κ2) is 12.2. The van der Waals surface area contributed by atoms with Gasteiger partial charge >= 0.3 is 12.1 Å². The van der Waals surface area contributed by atoms with E-state index in [1.54, 1.807) is 13.1 Å². The minimum atomic E-state index is -4.38. The highest BCUT2D eigenvalue weighted by Crippen LogP contribution is 2.32. The third-order valence-corrected chi connectivity index (χ3v) is 4.48. The number of esters is 1. The fraction of sp³-hybridized carbons (Fsp3) is 0.579. The highest BCUT2D eigenvalue weighted by Gasteiger charge is 2.32. The van der Waals surface area contributed by atoms with Gasteiger partial charge in [0.15, 0.2) is 5.96 Å². The standard InChI is InChI=1S/C19H26F3N3O3.HI/c1-23-18(24-9-4-3-8-17(26)27-2)25-10-11-28-16(13-25)14-6-5-7-15(12-14)19(20,21)22;/h5-7,12,16H,3-4,8-11,13H2,1-2H3,(H,23,24);1H. The number of benzene rings is 1. The molecule has 1 aromatic rings. The maximum Gasteiger partial charge on any atom is 0.416 e. The van der Waals surface area contributed by atoms with Crippen LogP contribution in [0.4, 0.5) is 13.2 Å². The van der Waals surface area contributed by atoms with E-state index in [1.165, 1.54) is 13.2 Å². The molecular weight excluding hydrogens is 502 g/mol. The highest BCUT2D eigenvalue weighted by molar-refractivity contribution is 14.0. The average molecular weight is 529 g/mol. The van der Waals surface area contributed by atoms with Crippen LogP contribution in [0.2, 0.25) is 0 Å². The van der Waals surface area contributed by atoms with E-state index >= 15 is 0 Å². The minimum Gasteiger partial charge on any atom is -0.469 e. The van der Waals surface area contributed by atoms with Crippen molar-refractivity contribution in [1.29, 1.82) is 0 Å². The molecule has 1 saturated heterocycles. The molecule has 10 heteroatoms. The maximum absolute atomic E-state index is 13.0. The van der Waals surface area contributed by atoms with Gasteiger partial charge in [-0.3, -0.25) is 9.79 Å². The zero-order chi connectivity index (χ0) is 20.6. The molecule has 0 amide bonds. The van der Waals surface area contributed by atoms with Crippen molar-refractivity contribution in [2.75, 3.05) is 40.4 Å². The first kappa shape index (κ1) is 25.5. The maximum atomic E-state index is 13.0. The fourth-order valence-electron chi connectivity index (χ4n) is 2.99. The topological polar surface area (TPSA) is 63.2 Å². The minimum absolute atomic E-state index is 0. The number of carbonyl (C=O) groups is 1. The number of nitrogens with zero attached hydrogens (tertiary/aromatic N) is 2. The lowest BCUT2D eigenvalue weighted by Crippen LogP contribution is -2.48. The molecule has 1 aromatic carbocycles. The summed E-state index contributed by atoms with van der Waals surface area (Å²) in [6, 6.07) is 5.23. The number of ether oxygens (including phenoxy) is 2. The van der Waals surface area contributed by atoms with Crippen molar-refractivity contribution in [2.45, 2.75) is 31.5 Å². The number of methoxy groups -OCH3 is 1. The molecule has 1 aliphatic heterocycles. The van der Waals surface area contributed by atoms with Crippen molar-refractivity contribution in [2.24, 2.45) is 4.99 Å². The lowest BCUT2D eigenvalue weighted by atomic mass is 10.0. The first-order valence-corrected chi connectivity index (χ1v) is 9.16. The number of hydrogen-bond donors (Lipinski definition) is 1. The van der Waals surface area contributed by atoms with Gasteiger partial charge in [-0.2, -0.15) is 13.2 Å². The van der Waals surface area contributed by atoms with Gasteiger partial charge in [-0.25, -0.2) is 0 Å². The number of aliphatic imine (C=N–C) groups is 1. The molecular formula is C19H27F3IN3O3. The second-order valence-electron chi connectivity index (χ2n) is 6.44. The van der Waals surface area contributed by atoms with Crippen molar-refractivity contribution in [1.82, 2.24) is 10.2 Å². The van der Waals surface area contributed by atoms with Crippen LogP contribution >= 0.6 is 24.0 Å². The van der Waals surface area contributed by atoms with E-state index in [2.05, 4.69) is 15.0 Å². The van der Waals surface area contributed by atoms with Crippen LogP contribution in [0.1, 0.15) is 36.5 Å². The van der Waals surface area contributed by atoms with E-state index in [4.69, 9.17) is 4.74 Å². The summed E-state index contributed by atoms with van der Waals surface area (Å²) in [6.07, 6.45) is -3.01. The lowest BCUT2D eigenvalue weighted by molar-refractivity contribution is -0.140. The van der Waals surface area contributed by atoms with E-state index in [1.807, 2.05) is 4.90 Å². The summed E-state index contributed by atoms with van der Waals surface area (Å²) in [7, 11) is 3.02. The van der Waals surface area contributed by atoms with Crippen LogP contribution in [0.3, 0.4) is 0 Å². The Labute approximate surface area is 185 Å². The van der Waals surface area contributed by atoms with E-state index in [9.17, 15) is 18.0 Å². The summed E-state index contributed by atoms with van der Waals surface area (Å²) in [6.45, 7) is 2.03. The number of carbonyl (C=O) groups excluding carboxylic acids is 1. The van der Waals surface area contributed by atoms with Crippen LogP contribution in [0, 0.1) is 0 Å². The van der Waals surface area contributed by atoms with Gasteiger partial charge in [-0.15, -0.1) is 24.0 Å². The van der Waals surface area contributed by atoms with Crippen LogP contribution in [0.25, 0.3) is 0 Å². The summed E-state index contributed by atoms with van der Waals surface area (Å²) >= 11 is 0. The molecule has 0 spiro atoms. The summed E-state index contributed by atoms with van der Waals surface area (Å²) in [5.74, 6) is 0.430. The Morgan fingerprint density at radius 3 is 2.79 bits per heavy atom. The fourth-order valence-corrected chi connectivity index (χ4v) is 2.99. The summed E-state index contributed by atoms with van der Waals surface area (Å²) in [4.78, 5) is 17.3. The Bertz CT molecular complexity index is 686. The summed E-state index contributed by atoms with van der Waals surface area (Å²) < 4.78 is 49.2. The van der Waals surface area contributed by atoms with Gasteiger partial charge in [0.05, 0.1) is 25.8 Å². The van der Waals surface area contributed by atoms with Gasteiger partial charge < -0.3 is 19.7 Å². The number of halogens is 4. The largest absolute Gasteiger partial charge is 0.469 e. The predicted molar refractivity (Wildman–Crippen MR) is 114 cm³/mol. The van der Waals surface area contributed by atoms with Crippen LogP contribution < -0.4 is 5.32 Å². The Hall–Kier alpha value is -1.56. The summed E-state index contributed by atoms with van der Waals surface area (Å²) in [5, 5.41) is 3.23. The van der Waals surface area contributed by atoms with Gasteiger partial charge in [0, 0.05) is 26.6 Å². The monoisotopic (exact) mass is 529 g/mol. The molecule has 1 aliphatic rings. The molecule has 1 atom stereocenters. The molecule has 0 bridgehead atoms. The van der Waals surface area contributed by atoms with Gasteiger partial charge in [-0.05, 0) is 30.5 Å². The van der Waals surface area contributed by atoms with E-state index in [-0.39, 0.29) is 29.9 Å². The van der Waals surface area contributed by atoms with Gasteiger partial charge in [0.2, 0.25) is 0 Å². The van der Waals surface area contributed by atoms with Gasteiger partial charge in [0.1, 0.15) is 6.10 Å². The van der Waals surface area contributed by atoms with Crippen LogP contribution in [0.15, 0.2) is 29.3 Å². The van der Waals surface area contributed by atoms with Crippen LogP contribution in [-0.4, -0.2) is 57.2 Å². The third kappa shape index (κ3) is 8.00. The van der Waals surface area contributed by atoms with E-state index < -0.39 is 17.8 Å². The van der Waals surface area contributed by atoms with Crippen LogP contribution in [0.5, 0.6) is 0 Å². The number of hydrogen-bond acceptors (Lipinski definition) is 4. The van der Waals surface area contributed by atoms with Crippen molar-refractivity contribution < 1.29 is 27.4 Å². The molecule has 0 radical (unpaired) electrons. The number of alkyl halides is 3. The average Bonchev–Trinajstić information content (AvgIpc) is 2.70. The van der Waals surface area contributed by atoms with Gasteiger partial charge in [-0.1, -0.05) is 12.1 Å². The molecule has 1 N–H and O–H groups in total. The van der Waals surface area contributed by atoms with Gasteiger partial charge in [0.25, 0.3) is 0 Å². The molecule has 0 aromatic heterocycles. The molecule has 0 aliphatic carbocycles. The molecule has 2 rings (SSSR count). The van der Waals surface area contributed by atoms with Crippen LogP contribution in [-0.2, 0) is 20.4 Å². The first-order valence-electron chi connectivity index (χ1n) is 9.16. The lowest BCUT2D eigenvalue weighted by Gasteiger charge is -2.35. The van der Waals surface area contributed by atoms with Crippen molar-refractivity contribution in [3.63, 3.8) is 0 Å². The highest BCUT2D eigenvalue weighted by atomic mass is 127. The van der Waals surface area contributed by atoms with E-state index in [0.29, 0.717) is 50.6 Å². The Morgan fingerprint density at radius 1 is 1.38 bits per heavy atom. The molecule has 1 fully saturated rings. The third-order valence-electron chi connectivity index (χ3n) is 4.48. The molecule has 1 heterocycles. The number of nitrogens with one attached hydrogen (secondary N) is 1. The number of guanidine groups is 1. The molecule has 164 valence electrons. The Kier molecular flexibility index (Phi) is 10.7. The predicted octanol–water partition coefficient (Wildman–Crippen LogP) is 3.62. The van der Waals surface area contributed by atoms with Crippen molar-refractivity contribution in [3.05, 3.63) is 35.4 Å². The number of unbranched alkanes of at least 4 members (excludes halogenated alkanes) is 1. The van der Waals surface area contributed by atoms with Crippen molar-refractivity contribution in [3.8, 4) is 0 Å². The Morgan fingerprint density at radius 2 is 2.14 bits per heavy atom. The van der Waals surface area contributed by atoms with Crippen molar-refractivity contribution >= 4 is 35.9 Å². The van der Waals surface area contributed by atoms with E-state index in [0.717, 1.165) is 18.6 Å². The molecule has 6 nitrogen and oxygen atoms in total. The quantitative estimate of drug-likeness (QED) is 0.201.